The van der Waals surface area contributed by atoms with Crippen LogP contribution in [0.15, 0.2) is 29.8 Å². The zero-order chi connectivity index (χ0) is 21.1. The highest BCUT2D eigenvalue weighted by atomic mass is 32.2. The summed E-state index contributed by atoms with van der Waals surface area (Å²) in [5.41, 5.74) is 5.07. The standard InChI is InChI=1S/C24H35N5S/c1-17(2)21-12-11-20(13-16-30-21)23(28-14-6-5-7-15-28)24-25-26-27-29(24)22-18(3)9-8-10-19(22)4/h8-10,13,17,21,23H,5-7,11-12,14-16H2,1-4H3. The van der Waals surface area contributed by atoms with Crippen molar-refractivity contribution >= 4 is 11.8 Å². The summed E-state index contributed by atoms with van der Waals surface area (Å²) in [6.45, 7) is 11.3. The Morgan fingerprint density at radius 1 is 1.07 bits per heavy atom. The van der Waals surface area contributed by atoms with Crippen LogP contribution < -0.4 is 0 Å². The van der Waals surface area contributed by atoms with E-state index in [0.29, 0.717) is 0 Å². The van der Waals surface area contributed by atoms with Gasteiger partial charge in [-0.25, -0.2) is 0 Å². The molecule has 2 unspecified atom stereocenters. The summed E-state index contributed by atoms with van der Waals surface area (Å²) in [7, 11) is 0. The number of nitrogens with zero attached hydrogens (tertiary/aromatic N) is 5. The van der Waals surface area contributed by atoms with Crippen LogP contribution in [-0.4, -0.2) is 49.2 Å². The molecule has 0 N–H and O–H groups in total. The summed E-state index contributed by atoms with van der Waals surface area (Å²) in [6, 6.07) is 6.58. The predicted molar refractivity (Wildman–Crippen MR) is 125 cm³/mol. The lowest BCUT2D eigenvalue weighted by Gasteiger charge is -2.35. The predicted octanol–water partition coefficient (Wildman–Crippen LogP) is 5.28. The zero-order valence-electron chi connectivity index (χ0n) is 18.8. The lowest BCUT2D eigenvalue weighted by molar-refractivity contribution is 0.174. The number of hydrogen-bond donors (Lipinski definition) is 0. The molecule has 1 saturated heterocycles. The average molecular weight is 426 g/mol. The summed E-state index contributed by atoms with van der Waals surface area (Å²) < 4.78 is 2.02. The van der Waals surface area contributed by atoms with Gasteiger partial charge in [-0.05, 0) is 85.7 Å². The van der Waals surface area contributed by atoms with E-state index in [-0.39, 0.29) is 6.04 Å². The van der Waals surface area contributed by atoms with Gasteiger partial charge in [0.2, 0.25) is 0 Å². The Bertz CT molecular complexity index is 861. The van der Waals surface area contributed by atoms with Crippen LogP contribution in [-0.2, 0) is 0 Å². The van der Waals surface area contributed by atoms with Gasteiger partial charge in [0.25, 0.3) is 0 Å². The van der Waals surface area contributed by atoms with Crippen LogP contribution in [0, 0.1) is 19.8 Å². The maximum atomic E-state index is 4.62. The Morgan fingerprint density at radius 3 is 2.50 bits per heavy atom. The molecule has 0 bridgehead atoms. The molecule has 2 aromatic rings. The second-order valence-electron chi connectivity index (χ2n) is 9.12. The number of benzene rings is 1. The summed E-state index contributed by atoms with van der Waals surface area (Å²) >= 11 is 2.11. The zero-order valence-corrected chi connectivity index (χ0v) is 19.7. The molecule has 1 fully saturated rings. The van der Waals surface area contributed by atoms with Gasteiger partial charge in [-0.2, -0.15) is 16.4 Å². The van der Waals surface area contributed by atoms with Crippen LogP contribution in [0.4, 0.5) is 0 Å². The van der Waals surface area contributed by atoms with Crippen molar-refractivity contribution in [2.24, 2.45) is 5.92 Å². The van der Waals surface area contributed by atoms with Gasteiger partial charge in [-0.1, -0.05) is 44.5 Å². The summed E-state index contributed by atoms with van der Waals surface area (Å²) in [5.74, 6) is 2.79. The molecule has 0 amide bonds. The van der Waals surface area contributed by atoms with Gasteiger partial charge in [0.1, 0.15) is 0 Å². The maximum absolute atomic E-state index is 4.62. The number of hydrogen-bond acceptors (Lipinski definition) is 5. The van der Waals surface area contributed by atoms with Crippen molar-refractivity contribution < 1.29 is 0 Å². The van der Waals surface area contributed by atoms with Gasteiger partial charge in [0.05, 0.1) is 11.7 Å². The second kappa shape index (κ2) is 9.65. The molecule has 0 radical (unpaired) electrons. The van der Waals surface area contributed by atoms with Gasteiger partial charge >= 0.3 is 0 Å². The number of para-hydroxylation sites is 1. The third kappa shape index (κ3) is 4.50. The van der Waals surface area contributed by atoms with E-state index in [4.69, 9.17) is 0 Å². The molecule has 162 valence electrons. The van der Waals surface area contributed by atoms with E-state index < -0.39 is 0 Å². The van der Waals surface area contributed by atoms with E-state index in [2.05, 4.69) is 84.2 Å². The monoisotopic (exact) mass is 425 g/mol. The molecule has 2 aliphatic rings. The summed E-state index contributed by atoms with van der Waals surface area (Å²) in [4.78, 5) is 2.63. The molecule has 0 spiro atoms. The van der Waals surface area contributed by atoms with E-state index in [9.17, 15) is 0 Å². The van der Waals surface area contributed by atoms with E-state index in [1.54, 1.807) is 0 Å². The van der Waals surface area contributed by atoms with Crippen molar-refractivity contribution in [2.45, 2.75) is 71.1 Å². The fraction of sp³-hybridized carbons (Fsp3) is 0.625. The number of tetrazole rings is 1. The minimum atomic E-state index is 0.172. The third-order valence-corrected chi connectivity index (χ3v) is 8.18. The van der Waals surface area contributed by atoms with E-state index >= 15 is 0 Å². The van der Waals surface area contributed by atoms with Crippen molar-refractivity contribution in [2.75, 3.05) is 18.8 Å². The van der Waals surface area contributed by atoms with Crippen molar-refractivity contribution in [3.05, 3.63) is 46.8 Å². The van der Waals surface area contributed by atoms with E-state index in [0.717, 1.165) is 47.9 Å². The Kier molecular flexibility index (Phi) is 6.94. The molecule has 0 aliphatic carbocycles. The Hall–Kier alpha value is -1.66. The molecule has 1 aromatic heterocycles. The Morgan fingerprint density at radius 2 is 1.80 bits per heavy atom. The molecule has 2 atom stereocenters. The highest BCUT2D eigenvalue weighted by molar-refractivity contribution is 8.00. The number of piperidine rings is 1. The minimum Gasteiger partial charge on any atom is -0.290 e. The first-order valence-electron chi connectivity index (χ1n) is 11.5. The lowest BCUT2D eigenvalue weighted by Crippen LogP contribution is -2.36. The molecule has 6 heteroatoms. The largest absolute Gasteiger partial charge is 0.290 e. The first-order chi connectivity index (χ1) is 14.6. The normalized spacial score (nSPS) is 22.0. The summed E-state index contributed by atoms with van der Waals surface area (Å²) in [6.07, 6.45) is 8.71. The highest BCUT2D eigenvalue weighted by Crippen LogP contribution is 2.38. The Balaban J connectivity index is 1.74. The average Bonchev–Trinajstić information content (AvgIpc) is 3.05. The number of aryl methyl sites for hydroxylation is 2. The third-order valence-electron chi connectivity index (χ3n) is 6.61. The number of rotatable bonds is 5. The van der Waals surface area contributed by atoms with Gasteiger partial charge in [-0.15, -0.1) is 5.10 Å². The smallest absolute Gasteiger partial charge is 0.177 e. The maximum Gasteiger partial charge on any atom is 0.177 e. The number of likely N-dealkylation sites (tertiary alicyclic amines) is 1. The van der Waals surface area contributed by atoms with Crippen LogP contribution in [0.1, 0.15) is 68.9 Å². The molecule has 2 aliphatic heterocycles. The SMILES string of the molecule is Cc1cccc(C)c1-n1nnnc1C(C1=CCSC(C(C)C)CC1)N1CCCCC1. The fourth-order valence-corrected chi connectivity index (χ4v) is 6.18. The van der Waals surface area contributed by atoms with Gasteiger partial charge in [0, 0.05) is 11.0 Å². The van der Waals surface area contributed by atoms with Crippen molar-refractivity contribution in [1.29, 1.82) is 0 Å². The van der Waals surface area contributed by atoms with E-state index in [1.165, 1.54) is 42.4 Å². The van der Waals surface area contributed by atoms with Crippen LogP contribution in [0.5, 0.6) is 0 Å². The first-order valence-corrected chi connectivity index (χ1v) is 12.5. The lowest BCUT2D eigenvalue weighted by atomic mass is 9.94. The first kappa shape index (κ1) is 21.6. The van der Waals surface area contributed by atoms with Crippen LogP contribution in [0.3, 0.4) is 0 Å². The van der Waals surface area contributed by atoms with Crippen LogP contribution in [0.25, 0.3) is 5.69 Å². The molecule has 5 nitrogen and oxygen atoms in total. The van der Waals surface area contributed by atoms with Crippen molar-refractivity contribution in [3.8, 4) is 5.69 Å². The molecule has 0 saturated carbocycles. The Labute approximate surface area is 185 Å². The molecular formula is C24H35N5S. The highest BCUT2D eigenvalue weighted by Gasteiger charge is 2.32. The topological polar surface area (TPSA) is 46.8 Å². The molecule has 4 rings (SSSR count). The fourth-order valence-electron chi connectivity index (χ4n) is 4.95. The molecule has 1 aromatic carbocycles. The molecule has 30 heavy (non-hydrogen) atoms. The molecule has 3 heterocycles. The van der Waals surface area contributed by atoms with E-state index in [1.807, 2.05) is 4.68 Å². The van der Waals surface area contributed by atoms with Crippen molar-refractivity contribution in [3.63, 3.8) is 0 Å². The van der Waals surface area contributed by atoms with Gasteiger partial charge < -0.3 is 0 Å². The minimum absolute atomic E-state index is 0.172. The number of thioether (sulfide) groups is 1. The summed E-state index contributed by atoms with van der Waals surface area (Å²) in [5, 5.41) is 14.0. The van der Waals surface area contributed by atoms with Crippen LogP contribution in [0.2, 0.25) is 0 Å². The quantitative estimate of drug-likeness (QED) is 0.610. The second-order valence-corrected chi connectivity index (χ2v) is 10.4. The molecular weight excluding hydrogens is 390 g/mol. The van der Waals surface area contributed by atoms with Crippen molar-refractivity contribution in [1.82, 2.24) is 25.1 Å². The number of aromatic nitrogens is 4. The van der Waals surface area contributed by atoms with Crippen LogP contribution >= 0.6 is 11.8 Å². The van der Waals surface area contributed by atoms with Gasteiger partial charge in [0.15, 0.2) is 5.82 Å². The van der Waals surface area contributed by atoms with Gasteiger partial charge in [-0.3, -0.25) is 4.90 Å².